The van der Waals surface area contributed by atoms with Crippen molar-refractivity contribution in [1.82, 2.24) is 5.32 Å². The molecule has 0 aliphatic carbocycles. The molecule has 1 aromatic rings. The number of phenolic OH excluding ortho intramolecular Hbond substituents is 1. The van der Waals surface area contributed by atoms with Gasteiger partial charge in [0.25, 0.3) is 0 Å². The third-order valence-corrected chi connectivity index (χ3v) is 1.76. The summed E-state index contributed by atoms with van der Waals surface area (Å²) >= 11 is 0. The van der Waals surface area contributed by atoms with Crippen molar-refractivity contribution in [2.45, 2.75) is 0 Å². The molecule has 0 saturated heterocycles. The molecule has 2 amide bonds. The first kappa shape index (κ1) is 10.2. The van der Waals surface area contributed by atoms with Crippen molar-refractivity contribution in [3.8, 4) is 5.75 Å². The van der Waals surface area contributed by atoms with Gasteiger partial charge in [0, 0.05) is 25.8 Å². The lowest BCUT2D eigenvalue weighted by molar-refractivity contribution is 0.254. The number of urea groups is 1. The van der Waals surface area contributed by atoms with Crippen molar-refractivity contribution in [3.63, 3.8) is 0 Å². The van der Waals surface area contributed by atoms with E-state index in [1.807, 2.05) is 0 Å². The number of phenols is 1. The summed E-state index contributed by atoms with van der Waals surface area (Å²) in [5.74, 6) is 0.0282. The van der Waals surface area contributed by atoms with Gasteiger partial charge in [0.05, 0.1) is 5.69 Å². The van der Waals surface area contributed by atoms with Gasteiger partial charge in [0.15, 0.2) is 0 Å². The van der Waals surface area contributed by atoms with Crippen LogP contribution in [-0.2, 0) is 0 Å². The quantitative estimate of drug-likeness (QED) is 0.535. The number of hydrogen-bond acceptors (Lipinski definition) is 3. The van der Waals surface area contributed by atoms with E-state index in [4.69, 9.17) is 0 Å². The molecule has 0 radical (unpaired) electrons. The Morgan fingerprint density at radius 1 is 1.36 bits per heavy atom. The van der Waals surface area contributed by atoms with Gasteiger partial charge < -0.3 is 21.1 Å². The molecule has 1 rings (SSSR count). The smallest absolute Gasteiger partial charge is 0.319 e. The van der Waals surface area contributed by atoms with E-state index in [0.29, 0.717) is 5.69 Å². The number of nitrogens with one attached hydrogen (secondary N) is 3. The maximum absolute atomic E-state index is 10.9. The normalized spacial score (nSPS) is 9.29. The molecule has 4 N–H and O–H groups in total. The summed E-state index contributed by atoms with van der Waals surface area (Å²) in [7, 11) is 3.26. The summed E-state index contributed by atoms with van der Waals surface area (Å²) in [5.41, 5.74) is 1.16. The molecule has 0 bridgehead atoms. The SMILES string of the molecule is CNC(=O)Nc1ccc(NC)cc1O. The van der Waals surface area contributed by atoms with E-state index in [0.717, 1.165) is 5.69 Å². The second kappa shape index (κ2) is 4.36. The fourth-order valence-electron chi connectivity index (χ4n) is 0.978. The van der Waals surface area contributed by atoms with Crippen LogP contribution in [0.15, 0.2) is 18.2 Å². The number of amides is 2. The molecule has 0 spiro atoms. The van der Waals surface area contributed by atoms with Gasteiger partial charge in [-0.15, -0.1) is 0 Å². The van der Waals surface area contributed by atoms with Crippen LogP contribution in [0.2, 0.25) is 0 Å². The zero-order valence-corrected chi connectivity index (χ0v) is 8.09. The van der Waals surface area contributed by atoms with Gasteiger partial charge in [-0.1, -0.05) is 0 Å². The van der Waals surface area contributed by atoms with Gasteiger partial charge in [0.2, 0.25) is 0 Å². The molecule has 0 unspecified atom stereocenters. The Hall–Kier alpha value is -1.91. The summed E-state index contributed by atoms with van der Waals surface area (Å²) in [4.78, 5) is 10.9. The predicted molar refractivity (Wildman–Crippen MR) is 55.7 cm³/mol. The summed E-state index contributed by atoms with van der Waals surface area (Å²) in [6, 6.07) is 4.55. The largest absolute Gasteiger partial charge is 0.506 e. The lowest BCUT2D eigenvalue weighted by Gasteiger charge is -2.08. The highest BCUT2D eigenvalue weighted by molar-refractivity contribution is 5.91. The Kier molecular flexibility index (Phi) is 3.17. The topological polar surface area (TPSA) is 73.4 Å². The summed E-state index contributed by atoms with van der Waals surface area (Å²) in [6.45, 7) is 0. The fourth-order valence-corrected chi connectivity index (χ4v) is 0.978. The van der Waals surface area contributed by atoms with Crippen molar-refractivity contribution in [3.05, 3.63) is 18.2 Å². The highest BCUT2D eigenvalue weighted by Crippen LogP contribution is 2.26. The lowest BCUT2D eigenvalue weighted by atomic mass is 10.2. The molecule has 1 aromatic carbocycles. The minimum absolute atomic E-state index is 0.0282. The van der Waals surface area contributed by atoms with Crippen LogP contribution < -0.4 is 16.0 Å². The highest BCUT2D eigenvalue weighted by atomic mass is 16.3. The lowest BCUT2D eigenvalue weighted by Crippen LogP contribution is -2.24. The minimum atomic E-state index is -0.363. The molecular weight excluding hydrogens is 182 g/mol. The van der Waals surface area contributed by atoms with E-state index in [9.17, 15) is 9.90 Å². The maximum Gasteiger partial charge on any atom is 0.319 e. The number of hydrogen-bond donors (Lipinski definition) is 4. The van der Waals surface area contributed by atoms with Gasteiger partial charge in [-0.3, -0.25) is 0 Å². The predicted octanol–water partition coefficient (Wildman–Crippen LogP) is 1.19. The molecule has 5 heteroatoms. The van der Waals surface area contributed by atoms with Crippen molar-refractivity contribution in [2.75, 3.05) is 24.7 Å². The molecule has 14 heavy (non-hydrogen) atoms. The van der Waals surface area contributed by atoms with Gasteiger partial charge in [-0.25, -0.2) is 4.79 Å². The molecule has 0 aromatic heterocycles. The zero-order valence-electron chi connectivity index (χ0n) is 8.09. The molecule has 76 valence electrons. The summed E-state index contributed by atoms with van der Waals surface area (Å²) < 4.78 is 0. The molecule has 0 atom stereocenters. The molecule has 5 nitrogen and oxygen atoms in total. The minimum Gasteiger partial charge on any atom is -0.506 e. The Balaban J connectivity index is 2.83. The standard InChI is InChI=1S/C9H13N3O2/c1-10-6-3-4-7(8(13)5-6)12-9(14)11-2/h3-5,10,13H,1-2H3,(H2,11,12,14). The van der Waals surface area contributed by atoms with E-state index in [1.54, 1.807) is 19.2 Å². The molecule has 0 heterocycles. The number of carbonyl (C=O) groups is 1. The summed E-state index contributed by atoms with van der Waals surface area (Å²) in [6.07, 6.45) is 0. The molecule has 0 fully saturated rings. The van der Waals surface area contributed by atoms with Crippen LogP contribution in [0, 0.1) is 0 Å². The van der Waals surface area contributed by atoms with Gasteiger partial charge >= 0.3 is 6.03 Å². The maximum atomic E-state index is 10.9. The molecular formula is C9H13N3O2. The molecule has 0 aliphatic heterocycles. The Morgan fingerprint density at radius 2 is 2.07 bits per heavy atom. The van der Waals surface area contributed by atoms with Crippen molar-refractivity contribution < 1.29 is 9.90 Å². The van der Waals surface area contributed by atoms with E-state index in [-0.39, 0.29) is 11.8 Å². The van der Waals surface area contributed by atoms with Crippen LogP contribution in [0.4, 0.5) is 16.2 Å². The van der Waals surface area contributed by atoms with Crippen LogP contribution in [-0.4, -0.2) is 25.2 Å². The number of carbonyl (C=O) groups excluding carboxylic acids is 1. The fraction of sp³-hybridized carbons (Fsp3) is 0.222. The average molecular weight is 195 g/mol. The van der Waals surface area contributed by atoms with E-state index >= 15 is 0 Å². The number of anilines is 2. The first-order chi connectivity index (χ1) is 6.67. The van der Waals surface area contributed by atoms with Crippen LogP contribution >= 0.6 is 0 Å². The summed E-state index contributed by atoms with van der Waals surface area (Å²) in [5, 5.41) is 17.2. The second-order valence-electron chi connectivity index (χ2n) is 2.69. The molecule has 0 aliphatic rings. The number of rotatable bonds is 2. The molecule has 0 saturated carbocycles. The average Bonchev–Trinajstić information content (AvgIpc) is 2.20. The third-order valence-electron chi connectivity index (χ3n) is 1.76. The van der Waals surface area contributed by atoms with Crippen LogP contribution in [0.5, 0.6) is 5.75 Å². The van der Waals surface area contributed by atoms with E-state index in [1.165, 1.54) is 13.1 Å². The van der Waals surface area contributed by atoms with Crippen molar-refractivity contribution in [1.29, 1.82) is 0 Å². The van der Waals surface area contributed by atoms with E-state index < -0.39 is 0 Å². The van der Waals surface area contributed by atoms with Crippen LogP contribution in [0.25, 0.3) is 0 Å². The number of benzene rings is 1. The first-order valence-electron chi connectivity index (χ1n) is 4.17. The third kappa shape index (κ3) is 2.29. The van der Waals surface area contributed by atoms with Crippen LogP contribution in [0.3, 0.4) is 0 Å². The van der Waals surface area contributed by atoms with Gasteiger partial charge in [0.1, 0.15) is 5.75 Å². The van der Waals surface area contributed by atoms with Gasteiger partial charge in [-0.2, -0.15) is 0 Å². The monoisotopic (exact) mass is 195 g/mol. The second-order valence-corrected chi connectivity index (χ2v) is 2.69. The van der Waals surface area contributed by atoms with Crippen LogP contribution in [0.1, 0.15) is 0 Å². The number of aromatic hydroxyl groups is 1. The first-order valence-corrected chi connectivity index (χ1v) is 4.17. The van der Waals surface area contributed by atoms with Crippen molar-refractivity contribution in [2.24, 2.45) is 0 Å². The Bertz CT molecular complexity index is 339. The highest BCUT2D eigenvalue weighted by Gasteiger charge is 2.04. The Morgan fingerprint density at radius 3 is 2.57 bits per heavy atom. The zero-order chi connectivity index (χ0) is 10.6. The van der Waals surface area contributed by atoms with Crippen molar-refractivity contribution >= 4 is 17.4 Å². The van der Waals surface area contributed by atoms with E-state index in [2.05, 4.69) is 16.0 Å². The van der Waals surface area contributed by atoms with Gasteiger partial charge in [-0.05, 0) is 12.1 Å². The Labute approximate surface area is 82.1 Å².